The maximum atomic E-state index is 12.8. The Bertz CT molecular complexity index is 464. The Labute approximate surface area is 114 Å². The first-order valence-corrected chi connectivity index (χ1v) is 7.38. The normalized spacial score (nSPS) is 18.4. The van der Waals surface area contributed by atoms with Crippen LogP contribution in [0.15, 0.2) is 24.3 Å². The first-order chi connectivity index (χ1) is 9.29. The first kappa shape index (κ1) is 12.7. The molecule has 0 radical (unpaired) electrons. The van der Waals surface area contributed by atoms with Gasteiger partial charge in [0.2, 0.25) is 0 Å². The highest BCUT2D eigenvalue weighted by molar-refractivity contribution is 5.96. The van der Waals surface area contributed by atoms with Crippen LogP contribution in [0.1, 0.15) is 41.6 Å². The van der Waals surface area contributed by atoms with Crippen molar-refractivity contribution in [2.24, 2.45) is 11.7 Å². The largest absolute Gasteiger partial charge is 0.335 e. The van der Waals surface area contributed by atoms with E-state index in [4.69, 9.17) is 5.73 Å². The smallest absolute Gasteiger partial charge is 0.254 e. The van der Waals surface area contributed by atoms with E-state index in [1.54, 1.807) is 0 Å². The van der Waals surface area contributed by atoms with Crippen LogP contribution in [0.5, 0.6) is 0 Å². The maximum Gasteiger partial charge on any atom is 0.254 e. The SMILES string of the molecule is NCCc1ccccc1C(=O)N(CC1CC1)C1CC1. The van der Waals surface area contributed by atoms with Gasteiger partial charge in [0, 0.05) is 18.2 Å². The number of amides is 1. The summed E-state index contributed by atoms with van der Waals surface area (Å²) in [6.45, 7) is 1.55. The molecule has 2 aliphatic rings. The number of nitrogens with two attached hydrogens (primary N) is 1. The summed E-state index contributed by atoms with van der Waals surface area (Å²) in [7, 11) is 0. The van der Waals surface area contributed by atoms with Crippen LogP contribution in [-0.2, 0) is 6.42 Å². The Morgan fingerprint density at radius 3 is 2.58 bits per heavy atom. The van der Waals surface area contributed by atoms with Crippen LogP contribution < -0.4 is 5.73 Å². The molecular weight excluding hydrogens is 236 g/mol. The van der Waals surface area contributed by atoms with E-state index in [2.05, 4.69) is 4.90 Å². The van der Waals surface area contributed by atoms with Gasteiger partial charge in [-0.1, -0.05) is 18.2 Å². The van der Waals surface area contributed by atoms with Crippen molar-refractivity contribution in [2.75, 3.05) is 13.1 Å². The summed E-state index contributed by atoms with van der Waals surface area (Å²) >= 11 is 0. The van der Waals surface area contributed by atoms with Gasteiger partial charge < -0.3 is 10.6 Å². The third-order valence-electron chi connectivity index (χ3n) is 4.06. The summed E-state index contributed by atoms with van der Waals surface area (Å²) in [6.07, 6.45) is 5.72. The lowest BCUT2D eigenvalue weighted by Gasteiger charge is -2.23. The molecule has 2 fully saturated rings. The third kappa shape index (κ3) is 2.98. The molecule has 3 heteroatoms. The molecule has 0 spiro atoms. The number of nitrogens with zero attached hydrogens (tertiary/aromatic N) is 1. The molecule has 2 aliphatic carbocycles. The van der Waals surface area contributed by atoms with E-state index in [0.717, 1.165) is 30.0 Å². The van der Waals surface area contributed by atoms with Crippen molar-refractivity contribution in [1.29, 1.82) is 0 Å². The van der Waals surface area contributed by atoms with Crippen LogP contribution in [0.4, 0.5) is 0 Å². The highest BCUT2D eigenvalue weighted by atomic mass is 16.2. The second kappa shape index (κ2) is 5.33. The van der Waals surface area contributed by atoms with E-state index < -0.39 is 0 Å². The summed E-state index contributed by atoms with van der Waals surface area (Å²) in [4.78, 5) is 14.9. The Kier molecular flexibility index (Phi) is 3.56. The molecule has 1 aromatic rings. The molecule has 3 rings (SSSR count). The predicted molar refractivity (Wildman–Crippen MR) is 76.0 cm³/mol. The van der Waals surface area contributed by atoms with Crippen LogP contribution in [0.25, 0.3) is 0 Å². The fourth-order valence-corrected chi connectivity index (χ4v) is 2.62. The quantitative estimate of drug-likeness (QED) is 0.850. The third-order valence-corrected chi connectivity index (χ3v) is 4.06. The Morgan fingerprint density at radius 2 is 1.95 bits per heavy atom. The highest BCUT2D eigenvalue weighted by Gasteiger charge is 2.37. The van der Waals surface area contributed by atoms with Crippen molar-refractivity contribution < 1.29 is 4.79 Å². The van der Waals surface area contributed by atoms with Crippen molar-refractivity contribution in [3.05, 3.63) is 35.4 Å². The van der Waals surface area contributed by atoms with Gasteiger partial charge in [0.1, 0.15) is 0 Å². The monoisotopic (exact) mass is 258 g/mol. The fourth-order valence-electron chi connectivity index (χ4n) is 2.62. The predicted octanol–water partition coefficient (Wildman–Crippen LogP) is 2.20. The van der Waals surface area contributed by atoms with Gasteiger partial charge in [-0.3, -0.25) is 4.79 Å². The van der Waals surface area contributed by atoms with E-state index >= 15 is 0 Å². The van der Waals surface area contributed by atoms with E-state index in [0.29, 0.717) is 12.6 Å². The van der Waals surface area contributed by atoms with Crippen molar-refractivity contribution >= 4 is 5.91 Å². The molecule has 19 heavy (non-hydrogen) atoms. The minimum atomic E-state index is 0.221. The molecule has 0 heterocycles. The number of carbonyl (C=O) groups excluding carboxylic acids is 1. The van der Waals surface area contributed by atoms with Crippen molar-refractivity contribution in [2.45, 2.75) is 38.1 Å². The molecular formula is C16H22N2O. The second-order valence-electron chi connectivity index (χ2n) is 5.83. The maximum absolute atomic E-state index is 12.8. The zero-order valence-electron chi connectivity index (χ0n) is 11.3. The molecule has 102 valence electrons. The zero-order chi connectivity index (χ0) is 13.2. The number of hydrogen-bond donors (Lipinski definition) is 1. The van der Waals surface area contributed by atoms with Crippen LogP contribution in [0, 0.1) is 5.92 Å². The van der Waals surface area contributed by atoms with Crippen molar-refractivity contribution in [3.8, 4) is 0 Å². The van der Waals surface area contributed by atoms with Crippen LogP contribution in [0.3, 0.4) is 0 Å². The van der Waals surface area contributed by atoms with Gasteiger partial charge in [-0.05, 0) is 56.2 Å². The van der Waals surface area contributed by atoms with Crippen molar-refractivity contribution in [1.82, 2.24) is 4.90 Å². The lowest BCUT2D eigenvalue weighted by Crippen LogP contribution is -2.35. The molecule has 0 bridgehead atoms. The van der Waals surface area contributed by atoms with Crippen LogP contribution >= 0.6 is 0 Å². The standard InChI is InChI=1S/C16H22N2O/c17-10-9-13-3-1-2-4-15(13)16(19)18(14-7-8-14)11-12-5-6-12/h1-4,12,14H,5-11,17H2. The van der Waals surface area contributed by atoms with E-state index in [9.17, 15) is 4.79 Å². The Morgan fingerprint density at radius 1 is 1.21 bits per heavy atom. The number of rotatable bonds is 6. The molecule has 2 saturated carbocycles. The minimum absolute atomic E-state index is 0.221. The van der Waals surface area contributed by atoms with Crippen molar-refractivity contribution in [3.63, 3.8) is 0 Å². The van der Waals surface area contributed by atoms with Gasteiger partial charge in [0.25, 0.3) is 5.91 Å². The minimum Gasteiger partial charge on any atom is -0.335 e. The van der Waals surface area contributed by atoms with Gasteiger partial charge >= 0.3 is 0 Å². The number of hydrogen-bond acceptors (Lipinski definition) is 2. The first-order valence-electron chi connectivity index (χ1n) is 7.38. The molecule has 3 nitrogen and oxygen atoms in total. The molecule has 0 unspecified atom stereocenters. The molecule has 0 atom stereocenters. The fraction of sp³-hybridized carbons (Fsp3) is 0.562. The van der Waals surface area contributed by atoms with Gasteiger partial charge in [-0.25, -0.2) is 0 Å². The summed E-state index contributed by atoms with van der Waals surface area (Å²) in [5.74, 6) is 0.977. The van der Waals surface area contributed by atoms with Gasteiger partial charge in [-0.2, -0.15) is 0 Å². The highest BCUT2D eigenvalue weighted by Crippen LogP contribution is 2.35. The number of benzene rings is 1. The van der Waals surface area contributed by atoms with Gasteiger partial charge in [0.05, 0.1) is 0 Å². The van der Waals surface area contributed by atoms with Gasteiger partial charge in [-0.15, -0.1) is 0 Å². The summed E-state index contributed by atoms with van der Waals surface area (Å²) < 4.78 is 0. The lowest BCUT2D eigenvalue weighted by molar-refractivity contribution is 0.0733. The molecule has 0 aromatic heterocycles. The number of carbonyl (C=O) groups is 1. The van der Waals surface area contributed by atoms with E-state index in [1.165, 1.54) is 25.7 Å². The molecule has 0 saturated heterocycles. The summed E-state index contributed by atoms with van der Waals surface area (Å²) in [5.41, 5.74) is 7.60. The Hall–Kier alpha value is -1.35. The molecule has 1 amide bonds. The van der Waals surface area contributed by atoms with E-state index in [-0.39, 0.29) is 5.91 Å². The molecule has 2 N–H and O–H groups in total. The Balaban J connectivity index is 1.80. The van der Waals surface area contributed by atoms with Gasteiger partial charge in [0.15, 0.2) is 0 Å². The molecule has 1 aromatic carbocycles. The average Bonchev–Trinajstić information content (AvgIpc) is 3.28. The summed E-state index contributed by atoms with van der Waals surface area (Å²) in [5, 5.41) is 0. The molecule has 0 aliphatic heterocycles. The topological polar surface area (TPSA) is 46.3 Å². The lowest BCUT2D eigenvalue weighted by atomic mass is 10.0. The second-order valence-corrected chi connectivity index (χ2v) is 5.83. The van der Waals surface area contributed by atoms with Crippen LogP contribution in [-0.4, -0.2) is 29.9 Å². The average molecular weight is 258 g/mol. The zero-order valence-corrected chi connectivity index (χ0v) is 11.3. The van der Waals surface area contributed by atoms with Crippen LogP contribution in [0.2, 0.25) is 0 Å². The van der Waals surface area contributed by atoms with E-state index in [1.807, 2.05) is 24.3 Å². The summed E-state index contributed by atoms with van der Waals surface area (Å²) in [6, 6.07) is 8.43.